The Kier molecular flexibility index (Phi) is 18.7. The van der Waals surface area contributed by atoms with E-state index in [4.69, 9.17) is 5.11 Å². The zero-order valence-corrected chi connectivity index (χ0v) is 17.1. The van der Waals surface area contributed by atoms with Crippen LogP contribution in [0, 0.1) is 0 Å². The summed E-state index contributed by atoms with van der Waals surface area (Å²) in [7, 11) is 0. The normalized spacial score (nSPS) is 13.7. The molecule has 3 N–H and O–H groups in total. The molecule has 26 heavy (non-hydrogen) atoms. The third-order valence-corrected chi connectivity index (χ3v) is 5.22. The Hall–Kier alpha value is -0.610. The molecule has 0 bridgehead atoms. The van der Waals surface area contributed by atoms with Crippen molar-refractivity contribution in [3.05, 3.63) is 0 Å². The van der Waals surface area contributed by atoms with Crippen molar-refractivity contribution in [3.8, 4) is 0 Å². The molecular weight excluding hydrogens is 328 g/mol. The number of carboxylic acid groups (broad SMARTS) is 1. The van der Waals surface area contributed by atoms with Crippen molar-refractivity contribution in [3.63, 3.8) is 0 Å². The third kappa shape index (κ3) is 16.8. The van der Waals surface area contributed by atoms with Crippen molar-refractivity contribution in [2.75, 3.05) is 0 Å². The maximum atomic E-state index is 10.5. The fourth-order valence-corrected chi connectivity index (χ4v) is 3.40. The Morgan fingerprint density at radius 3 is 1.23 bits per heavy atom. The molecule has 0 radical (unpaired) electrons. The van der Waals surface area contributed by atoms with E-state index in [1.165, 1.54) is 89.9 Å². The van der Waals surface area contributed by atoms with Crippen molar-refractivity contribution >= 4 is 5.97 Å². The van der Waals surface area contributed by atoms with Crippen LogP contribution in [0.5, 0.6) is 0 Å². The van der Waals surface area contributed by atoms with Gasteiger partial charge >= 0.3 is 5.97 Å². The van der Waals surface area contributed by atoms with E-state index in [0.29, 0.717) is 6.42 Å². The van der Waals surface area contributed by atoms with Gasteiger partial charge in [0.05, 0.1) is 6.10 Å². The quantitative estimate of drug-likeness (QED) is 0.235. The number of carbonyl (C=O) groups is 1. The number of hydrogen-bond acceptors (Lipinski definition) is 3. The van der Waals surface area contributed by atoms with Crippen LogP contribution in [0.25, 0.3) is 0 Å². The highest BCUT2D eigenvalue weighted by atomic mass is 16.4. The monoisotopic (exact) mass is 372 g/mol. The molecule has 0 aromatic carbocycles. The highest BCUT2D eigenvalue weighted by Crippen LogP contribution is 2.15. The smallest absolute Gasteiger partial charge is 0.335 e. The Bertz CT molecular complexity index is 307. The number of aliphatic hydroxyl groups is 2. The van der Waals surface area contributed by atoms with Gasteiger partial charge in [-0.25, -0.2) is 4.79 Å². The number of aliphatic carboxylic acids is 1. The van der Waals surface area contributed by atoms with Crippen LogP contribution in [0.4, 0.5) is 0 Å². The van der Waals surface area contributed by atoms with E-state index in [-0.39, 0.29) is 0 Å². The van der Waals surface area contributed by atoms with E-state index in [9.17, 15) is 15.0 Å². The molecular formula is C22H44O4. The van der Waals surface area contributed by atoms with Crippen LogP contribution in [-0.4, -0.2) is 33.5 Å². The second-order valence-electron chi connectivity index (χ2n) is 7.80. The predicted octanol–water partition coefficient (Wildman–Crippen LogP) is 5.83. The molecule has 0 heterocycles. The highest BCUT2D eigenvalue weighted by Gasteiger charge is 2.22. The lowest BCUT2D eigenvalue weighted by atomic mass is 10.0. The van der Waals surface area contributed by atoms with Gasteiger partial charge in [-0.3, -0.25) is 0 Å². The molecule has 0 aromatic heterocycles. The second kappa shape index (κ2) is 19.2. The Morgan fingerprint density at radius 1 is 0.615 bits per heavy atom. The van der Waals surface area contributed by atoms with Crippen molar-refractivity contribution in [2.24, 2.45) is 0 Å². The largest absolute Gasteiger partial charge is 0.479 e. The van der Waals surface area contributed by atoms with Crippen molar-refractivity contribution in [1.82, 2.24) is 0 Å². The van der Waals surface area contributed by atoms with Gasteiger partial charge in [-0.2, -0.15) is 0 Å². The number of aliphatic hydroxyl groups excluding tert-OH is 2. The van der Waals surface area contributed by atoms with Crippen LogP contribution in [0.1, 0.15) is 122 Å². The molecule has 0 aliphatic heterocycles. The summed E-state index contributed by atoms with van der Waals surface area (Å²) in [5.41, 5.74) is 0. The van der Waals surface area contributed by atoms with Crippen LogP contribution in [-0.2, 0) is 4.79 Å². The summed E-state index contributed by atoms with van der Waals surface area (Å²) in [6.45, 7) is 2.27. The molecule has 0 spiro atoms. The molecule has 0 saturated heterocycles. The van der Waals surface area contributed by atoms with Gasteiger partial charge in [0.15, 0.2) is 6.10 Å². The molecule has 0 aliphatic carbocycles. The minimum Gasteiger partial charge on any atom is -0.479 e. The molecule has 4 nitrogen and oxygen atoms in total. The van der Waals surface area contributed by atoms with Crippen LogP contribution in [0.15, 0.2) is 0 Å². The van der Waals surface area contributed by atoms with Gasteiger partial charge in [-0.15, -0.1) is 0 Å². The zero-order valence-electron chi connectivity index (χ0n) is 17.1. The minimum absolute atomic E-state index is 0.367. The molecule has 156 valence electrons. The van der Waals surface area contributed by atoms with E-state index < -0.39 is 18.2 Å². The summed E-state index contributed by atoms with van der Waals surface area (Å²) >= 11 is 0. The van der Waals surface area contributed by atoms with Gasteiger partial charge in [0.25, 0.3) is 0 Å². The fourth-order valence-electron chi connectivity index (χ4n) is 3.40. The molecule has 0 fully saturated rings. The number of carboxylic acids is 1. The minimum atomic E-state index is -1.64. The molecule has 2 unspecified atom stereocenters. The summed E-state index contributed by atoms with van der Waals surface area (Å²) in [6.07, 6.45) is 19.6. The maximum Gasteiger partial charge on any atom is 0.335 e. The lowest BCUT2D eigenvalue weighted by Crippen LogP contribution is -2.33. The van der Waals surface area contributed by atoms with Gasteiger partial charge < -0.3 is 15.3 Å². The Morgan fingerprint density at radius 2 is 0.923 bits per heavy atom. The van der Waals surface area contributed by atoms with Crippen molar-refractivity contribution in [1.29, 1.82) is 0 Å². The highest BCUT2D eigenvalue weighted by molar-refractivity contribution is 5.72. The first-order chi connectivity index (χ1) is 12.6. The first kappa shape index (κ1) is 25.4. The summed E-state index contributed by atoms with van der Waals surface area (Å²) < 4.78 is 0. The molecule has 2 atom stereocenters. The van der Waals surface area contributed by atoms with Crippen LogP contribution in [0.3, 0.4) is 0 Å². The van der Waals surface area contributed by atoms with E-state index in [0.717, 1.165) is 19.3 Å². The van der Waals surface area contributed by atoms with Crippen LogP contribution in [0.2, 0.25) is 0 Å². The molecule has 0 amide bonds. The van der Waals surface area contributed by atoms with Crippen LogP contribution >= 0.6 is 0 Å². The lowest BCUT2D eigenvalue weighted by Gasteiger charge is -2.13. The third-order valence-electron chi connectivity index (χ3n) is 5.22. The summed E-state index contributed by atoms with van der Waals surface area (Å²) in [4.78, 5) is 10.5. The summed E-state index contributed by atoms with van der Waals surface area (Å²) in [5, 5.41) is 27.2. The topological polar surface area (TPSA) is 77.8 Å². The standard InChI is InChI=1S/C22H44O4/c1-2-3-4-5-6-7-8-9-10-11-12-13-14-15-16-17-18-19-20(23)21(24)22(25)26/h20-21,23-24H,2-19H2,1H3,(H,25,26). The van der Waals surface area contributed by atoms with Gasteiger partial charge in [0.1, 0.15) is 0 Å². The van der Waals surface area contributed by atoms with Crippen LogP contribution < -0.4 is 0 Å². The Labute approximate surface area is 161 Å². The maximum absolute atomic E-state index is 10.5. The molecule has 0 aromatic rings. The average Bonchev–Trinajstić information content (AvgIpc) is 2.63. The number of unbranched alkanes of at least 4 members (excludes halogenated alkanes) is 16. The second-order valence-corrected chi connectivity index (χ2v) is 7.80. The van der Waals surface area contributed by atoms with E-state index in [1.54, 1.807) is 0 Å². The van der Waals surface area contributed by atoms with Gasteiger partial charge in [0, 0.05) is 0 Å². The molecule has 0 saturated carbocycles. The SMILES string of the molecule is CCCCCCCCCCCCCCCCCCCC(O)C(O)C(=O)O. The van der Waals surface area contributed by atoms with Gasteiger partial charge in [-0.1, -0.05) is 116 Å². The Balaban J connectivity index is 3.15. The zero-order chi connectivity index (χ0) is 19.5. The van der Waals surface area contributed by atoms with E-state index >= 15 is 0 Å². The van der Waals surface area contributed by atoms with Crippen molar-refractivity contribution < 1.29 is 20.1 Å². The molecule has 4 heteroatoms. The number of hydrogen-bond donors (Lipinski definition) is 3. The van der Waals surface area contributed by atoms with Gasteiger partial charge in [0.2, 0.25) is 0 Å². The van der Waals surface area contributed by atoms with Crippen molar-refractivity contribution in [2.45, 2.75) is 135 Å². The van der Waals surface area contributed by atoms with E-state index in [1.807, 2.05) is 0 Å². The molecule has 0 aliphatic rings. The summed E-state index contributed by atoms with van der Waals surface area (Å²) in [6, 6.07) is 0. The molecule has 0 rings (SSSR count). The van der Waals surface area contributed by atoms with Gasteiger partial charge in [-0.05, 0) is 6.42 Å². The fraction of sp³-hybridized carbons (Fsp3) is 0.955. The van der Waals surface area contributed by atoms with E-state index in [2.05, 4.69) is 6.92 Å². The number of rotatable bonds is 20. The first-order valence-electron chi connectivity index (χ1n) is 11.2. The summed E-state index contributed by atoms with van der Waals surface area (Å²) in [5.74, 6) is -1.34. The first-order valence-corrected chi connectivity index (χ1v) is 11.2. The lowest BCUT2D eigenvalue weighted by molar-refractivity contribution is -0.153. The average molecular weight is 373 g/mol. The predicted molar refractivity (Wildman–Crippen MR) is 108 cm³/mol.